The van der Waals surface area contributed by atoms with Crippen molar-refractivity contribution in [3.05, 3.63) is 65.5 Å². The second kappa shape index (κ2) is 9.92. The van der Waals surface area contributed by atoms with Gasteiger partial charge < -0.3 is 20.3 Å². The second-order valence-electron chi connectivity index (χ2n) is 7.20. The van der Waals surface area contributed by atoms with Crippen molar-refractivity contribution in [2.45, 2.75) is 45.4 Å². The predicted octanol–water partition coefficient (Wildman–Crippen LogP) is 3.81. The second-order valence-corrected chi connectivity index (χ2v) is 7.20. The zero-order valence-corrected chi connectivity index (χ0v) is 17.5. The first-order valence-corrected chi connectivity index (χ1v) is 9.86. The fraction of sp³-hybridized carbons (Fsp3) is 0.318. The molecule has 0 radical (unpaired) electrons. The molecule has 7 nitrogen and oxygen atoms in total. The Bertz CT molecular complexity index is 1040. The Hall–Kier alpha value is -3.24. The van der Waals surface area contributed by atoms with Crippen molar-refractivity contribution in [3.8, 4) is 17.1 Å². The van der Waals surface area contributed by atoms with E-state index in [1.54, 1.807) is 6.07 Å². The Morgan fingerprint density at radius 2 is 1.78 bits per heavy atom. The van der Waals surface area contributed by atoms with Crippen LogP contribution in [0.2, 0.25) is 0 Å². The number of hydrogen-bond acceptors (Lipinski definition) is 7. The maximum Gasteiger partial charge on any atom is 0.423 e. The smallest absolute Gasteiger partial charge is 0.423 e. The van der Waals surface area contributed by atoms with Gasteiger partial charge in [-0.15, -0.1) is 0 Å². The summed E-state index contributed by atoms with van der Waals surface area (Å²) in [6.07, 6.45) is -5.90. The number of ether oxygens (including phenoxy) is 1. The van der Waals surface area contributed by atoms with E-state index in [-0.39, 0.29) is 19.1 Å². The van der Waals surface area contributed by atoms with E-state index in [1.807, 2.05) is 36.4 Å². The number of nitrogens with zero attached hydrogens (tertiary/aromatic N) is 3. The van der Waals surface area contributed by atoms with Gasteiger partial charge in [0.1, 0.15) is 11.7 Å². The molecule has 170 valence electrons. The first-order chi connectivity index (χ1) is 15.2. The van der Waals surface area contributed by atoms with Crippen LogP contribution in [0, 0.1) is 0 Å². The summed E-state index contributed by atoms with van der Waals surface area (Å²) in [7, 11) is 0. The summed E-state index contributed by atoms with van der Waals surface area (Å²) in [5.41, 5.74) is 1.87. The zero-order valence-electron chi connectivity index (χ0n) is 17.5. The van der Waals surface area contributed by atoms with Crippen LogP contribution in [0.5, 0.6) is 5.88 Å². The lowest BCUT2D eigenvalue weighted by Crippen LogP contribution is -2.27. The third-order valence-corrected chi connectivity index (χ3v) is 4.71. The Kier molecular flexibility index (Phi) is 7.26. The Labute approximate surface area is 183 Å². The molecule has 2 heterocycles. The molecule has 0 spiro atoms. The number of halogens is 3. The summed E-state index contributed by atoms with van der Waals surface area (Å²) < 4.78 is 45.0. The average molecular weight is 448 g/mol. The van der Waals surface area contributed by atoms with E-state index in [2.05, 4.69) is 20.3 Å². The predicted molar refractivity (Wildman–Crippen MR) is 112 cm³/mol. The van der Waals surface area contributed by atoms with Crippen LogP contribution in [0.4, 0.5) is 19.1 Å². The summed E-state index contributed by atoms with van der Waals surface area (Å²) in [4.78, 5) is 11.9. The summed E-state index contributed by atoms with van der Waals surface area (Å²) >= 11 is 0. The van der Waals surface area contributed by atoms with Crippen molar-refractivity contribution in [2.24, 2.45) is 0 Å². The molecule has 0 aliphatic rings. The lowest BCUT2D eigenvalue weighted by atomic mass is 10.1. The Balaban J connectivity index is 1.73. The average Bonchev–Trinajstić information content (AvgIpc) is 2.77. The maximum absolute atomic E-state index is 13.2. The fourth-order valence-electron chi connectivity index (χ4n) is 2.71. The molecule has 3 aromatic rings. The molecule has 32 heavy (non-hydrogen) atoms. The standard InChI is InChI=1S/C22H23F3N4O3/c1-13(31)14(2)32-20-18(22(23,24)25)11-27-21(29-20)26-10-15-6-8-16(9-7-15)19-5-3-4-17(12-30)28-19/h3-9,11,13-14,30-31H,10,12H2,1-2H3,(H,26,27,29)/t13-,14-/m1/s1. The fourth-order valence-corrected chi connectivity index (χ4v) is 2.71. The van der Waals surface area contributed by atoms with Crippen LogP contribution >= 0.6 is 0 Å². The van der Waals surface area contributed by atoms with Gasteiger partial charge in [0.15, 0.2) is 0 Å². The summed E-state index contributed by atoms with van der Waals surface area (Å²) in [6, 6.07) is 12.8. The molecule has 3 N–H and O–H groups in total. The summed E-state index contributed by atoms with van der Waals surface area (Å²) in [5, 5.41) is 21.6. The first kappa shape index (κ1) is 23.4. The zero-order chi connectivity index (χ0) is 23.3. The van der Waals surface area contributed by atoms with Gasteiger partial charge in [0.2, 0.25) is 11.8 Å². The monoisotopic (exact) mass is 448 g/mol. The van der Waals surface area contributed by atoms with Crippen molar-refractivity contribution in [1.29, 1.82) is 0 Å². The van der Waals surface area contributed by atoms with Crippen molar-refractivity contribution >= 4 is 5.95 Å². The van der Waals surface area contributed by atoms with Gasteiger partial charge in [-0.1, -0.05) is 30.3 Å². The van der Waals surface area contributed by atoms with Gasteiger partial charge in [-0.25, -0.2) is 4.98 Å². The number of benzene rings is 1. The Morgan fingerprint density at radius 3 is 2.41 bits per heavy atom. The van der Waals surface area contributed by atoms with E-state index in [9.17, 15) is 23.4 Å². The molecule has 0 saturated carbocycles. The molecular formula is C22H23F3N4O3. The molecule has 0 aliphatic heterocycles. The molecule has 3 rings (SSSR count). The number of aliphatic hydroxyl groups excluding tert-OH is 2. The molecule has 10 heteroatoms. The van der Waals surface area contributed by atoms with E-state index in [0.717, 1.165) is 16.8 Å². The van der Waals surface area contributed by atoms with E-state index in [0.29, 0.717) is 11.9 Å². The van der Waals surface area contributed by atoms with Gasteiger partial charge in [0.25, 0.3) is 0 Å². The minimum atomic E-state index is -4.69. The highest BCUT2D eigenvalue weighted by Crippen LogP contribution is 2.35. The van der Waals surface area contributed by atoms with Crippen LogP contribution in [0.1, 0.15) is 30.7 Å². The summed E-state index contributed by atoms with van der Waals surface area (Å²) in [5.74, 6) is -0.680. The van der Waals surface area contributed by atoms with Gasteiger partial charge in [0.05, 0.1) is 24.1 Å². The number of rotatable bonds is 8. The molecule has 0 amide bonds. The number of alkyl halides is 3. The van der Waals surface area contributed by atoms with Crippen molar-refractivity contribution in [1.82, 2.24) is 15.0 Å². The number of nitrogens with one attached hydrogen (secondary N) is 1. The molecular weight excluding hydrogens is 425 g/mol. The molecule has 0 aliphatic carbocycles. The van der Waals surface area contributed by atoms with E-state index in [1.165, 1.54) is 13.8 Å². The summed E-state index contributed by atoms with van der Waals surface area (Å²) in [6.45, 7) is 2.98. The molecule has 0 saturated heterocycles. The van der Waals surface area contributed by atoms with Crippen LogP contribution in [0.15, 0.2) is 48.7 Å². The number of anilines is 1. The largest absolute Gasteiger partial charge is 0.471 e. The third-order valence-electron chi connectivity index (χ3n) is 4.71. The van der Waals surface area contributed by atoms with Gasteiger partial charge in [-0.2, -0.15) is 18.2 Å². The Morgan fingerprint density at radius 1 is 1.06 bits per heavy atom. The lowest BCUT2D eigenvalue weighted by molar-refractivity contribution is -0.140. The van der Waals surface area contributed by atoms with Crippen LogP contribution in [-0.4, -0.2) is 37.4 Å². The van der Waals surface area contributed by atoms with Crippen LogP contribution in [0.3, 0.4) is 0 Å². The molecule has 0 unspecified atom stereocenters. The van der Waals surface area contributed by atoms with E-state index >= 15 is 0 Å². The quantitative estimate of drug-likeness (QED) is 0.482. The maximum atomic E-state index is 13.2. The van der Waals surface area contributed by atoms with Gasteiger partial charge >= 0.3 is 6.18 Å². The highest BCUT2D eigenvalue weighted by Gasteiger charge is 2.37. The molecule has 0 bridgehead atoms. The minimum Gasteiger partial charge on any atom is -0.471 e. The molecule has 2 atom stereocenters. The highest BCUT2D eigenvalue weighted by molar-refractivity contribution is 5.59. The van der Waals surface area contributed by atoms with Crippen molar-refractivity contribution in [3.63, 3.8) is 0 Å². The lowest BCUT2D eigenvalue weighted by Gasteiger charge is -2.20. The highest BCUT2D eigenvalue weighted by atomic mass is 19.4. The third kappa shape index (κ3) is 5.92. The van der Waals surface area contributed by atoms with Crippen LogP contribution in [-0.2, 0) is 19.3 Å². The van der Waals surface area contributed by atoms with Crippen molar-refractivity contribution in [2.75, 3.05) is 5.32 Å². The topological polar surface area (TPSA) is 100 Å². The minimum absolute atomic E-state index is 0.0350. The van der Waals surface area contributed by atoms with Gasteiger partial charge in [0, 0.05) is 18.3 Å². The SMILES string of the molecule is C[C@@H](O)[C@@H](C)Oc1nc(NCc2ccc(-c3cccc(CO)n3)cc2)ncc1C(F)(F)F. The number of aliphatic hydroxyl groups is 2. The van der Waals surface area contributed by atoms with Gasteiger partial charge in [-0.3, -0.25) is 4.98 Å². The van der Waals surface area contributed by atoms with Gasteiger partial charge in [-0.05, 0) is 31.5 Å². The molecule has 0 fully saturated rings. The number of pyridine rings is 1. The molecule has 1 aromatic carbocycles. The van der Waals surface area contributed by atoms with E-state index < -0.39 is 29.8 Å². The molecule has 2 aromatic heterocycles. The first-order valence-electron chi connectivity index (χ1n) is 9.86. The van der Waals surface area contributed by atoms with Crippen LogP contribution < -0.4 is 10.1 Å². The number of aromatic nitrogens is 3. The number of hydrogen-bond donors (Lipinski definition) is 3. The van der Waals surface area contributed by atoms with Crippen molar-refractivity contribution < 1.29 is 28.1 Å². The van der Waals surface area contributed by atoms with Crippen LogP contribution in [0.25, 0.3) is 11.3 Å². The van der Waals surface area contributed by atoms with E-state index in [4.69, 9.17) is 4.74 Å². The normalized spacial score (nSPS) is 13.5.